The molecule has 1 aromatic carbocycles. The monoisotopic (exact) mass is 329 g/mol. The number of rotatable bonds is 4. The Labute approximate surface area is 135 Å². The largest absolute Gasteiger partial charge is 0.487 e. The van der Waals surface area contributed by atoms with Crippen molar-refractivity contribution >= 4 is 23.2 Å². The van der Waals surface area contributed by atoms with E-state index < -0.39 is 0 Å². The van der Waals surface area contributed by atoms with Crippen molar-refractivity contribution in [2.45, 2.75) is 25.4 Å². The minimum Gasteiger partial charge on any atom is -0.487 e. The first-order valence-electron chi connectivity index (χ1n) is 7.65. The highest BCUT2D eigenvalue weighted by Crippen LogP contribution is 2.37. The molecule has 2 saturated heterocycles. The highest BCUT2D eigenvalue weighted by molar-refractivity contribution is 6.37. The Morgan fingerprint density at radius 1 is 1.10 bits per heavy atom. The summed E-state index contributed by atoms with van der Waals surface area (Å²) in [5.41, 5.74) is 0. The van der Waals surface area contributed by atoms with Gasteiger partial charge in [0.1, 0.15) is 6.10 Å². The van der Waals surface area contributed by atoms with Crippen LogP contribution in [0.3, 0.4) is 0 Å². The summed E-state index contributed by atoms with van der Waals surface area (Å²) in [6, 6.07) is 5.51. The van der Waals surface area contributed by atoms with Crippen LogP contribution in [0.4, 0.5) is 0 Å². The van der Waals surface area contributed by atoms with E-state index in [4.69, 9.17) is 32.7 Å². The van der Waals surface area contributed by atoms with Gasteiger partial charge >= 0.3 is 0 Å². The average Bonchev–Trinajstić information content (AvgIpc) is 3.02. The minimum atomic E-state index is 0.154. The summed E-state index contributed by atoms with van der Waals surface area (Å²) in [5.74, 6) is 1.65. The molecular formula is C16H21Cl2NO2. The molecule has 0 bridgehead atoms. The summed E-state index contributed by atoms with van der Waals surface area (Å²) in [5, 5.41) is 4.61. The molecule has 2 fully saturated rings. The number of ether oxygens (including phenoxy) is 2. The van der Waals surface area contributed by atoms with Crippen LogP contribution in [-0.4, -0.2) is 32.4 Å². The third kappa shape index (κ3) is 3.65. The zero-order valence-corrected chi connectivity index (χ0v) is 13.5. The number of benzene rings is 1. The van der Waals surface area contributed by atoms with Crippen molar-refractivity contribution in [1.29, 1.82) is 0 Å². The van der Waals surface area contributed by atoms with E-state index in [0.29, 0.717) is 27.6 Å². The number of nitrogens with one attached hydrogen (secondary N) is 1. The normalized spacial score (nSPS) is 25.0. The summed E-state index contributed by atoms with van der Waals surface area (Å²) in [7, 11) is 0. The van der Waals surface area contributed by atoms with Crippen LogP contribution in [0, 0.1) is 11.8 Å². The predicted octanol–water partition coefficient (Wildman–Crippen LogP) is 3.78. The van der Waals surface area contributed by atoms with Crippen molar-refractivity contribution in [3.63, 3.8) is 0 Å². The quantitative estimate of drug-likeness (QED) is 0.911. The lowest BCUT2D eigenvalue weighted by Crippen LogP contribution is -2.39. The maximum Gasteiger partial charge on any atom is 0.156 e. The maximum absolute atomic E-state index is 6.34. The molecule has 0 aromatic heterocycles. The Kier molecular flexibility index (Phi) is 5.28. The molecule has 116 valence electrons. The van der Waals surface area contributed by atoms with E-state index in [1.54, 1.807) is 0 Å². The topological polar surface area (TPSA) is 30.5 Å². The molecule has 0 unspecified atom stereocenters. The first-order chi connectivity index (χ1) is 10.3. The van der Waals surface area contributed by atoms with Crippen molar-refractivity contribution in [2.75, 3.05) is 26.3 Å². The van der Waals surface area contributed by atoms with Crippen molar-refractivity contribution < 1.29 is 9.47 Å². The van der Waals surface area contributed by atoms with Gasteiger partial charge in [0.2, 0.25) is 0 Å². The number of hydrogen-bond donors (Lipinski definition) is 1. The maximum atomic E-state index is 6.34. The Bertz CT molecular complexity index is 451. The Balaban J connectivity index is 1.80. The standard InChI is InChI=1S/C16H21Cl2NO2/c17-13-2-1-3-14(18)16(13)21-15(12-4-7-19-10-12)11-5-8-20-9-6-11/h1-3,11-12,15,19H,4-10H2/t12-,15+/m1/s1. The lowest BCUT2D eigenvalue weighted by atomic mass is 9.85. The molecule has 2 aliphatic rings. The molecule has 0 aliphatic carbocycles. The van der Waals surface area contributed by atoms with Gasteiger partial charge in [0.25, 0.3) is 0 Å². The molecule has 2 heterocycles. The first-order valence-corrected chi connectivity index (χ1v) is 8.40. The van der Waals surface area contributed by atoms with Crippen LogP contribution in [0.5, 0.6) is 5.75 Å². The number of halogens is 2. The van der Waals surface area contributed by atoms with Gasteiger partial charge in [0, 0.05) is 31.6 Å². The minimum absolute atomic E-state index is 0.154. The van der Waals surface area contributed by atoms with Gasteiger partial charge in [-0.2, -0.15) is 0 Å². The van der Waals surface area contributed by atoms with Crippen molar-refractivity contribution in [2.24, 2.45) is 11.8 Å². The lowest BCUT2D eigenvalue weighted by molar-refractivity contribution is -0.00125. The number of para-hydroxylation sites is 1. The van der Waals surface area contributed by atoms with Gasteiger partial charge in [-0.15, -0.1) is 0 Å². The van der Waals surface area contributed by atoms with Gasteiger partial charge in [0.05, 0.1) is 10.0 Å². The molecule has 21 heavy (non-hydrogen) atoms. The zero-order chi connectivity index (χ0) is 14.7. The van der Waals surface area contributed by atoms with Gasteiger partial charge in [-0.05, 0) is 37.9 Å². The Hall–Kier alpha value is -0.480. The van der Waals surface area contributed by atoms with Crippen molar-refractivity contribution in [1.82, 2.24) is 5.32 Å². The highest BCUT2D eigenvalue weighted by atomic mass is 35.5. The van der Waals surface area contributed by atoms with Crippen LogP contribution in [0.1, 0.15) is 19.3 Å². The van der Waals surface area contributed by atoms with Crippen LogP contribution in [0.2, 0.25) is 10.0 Å². The van der Waals surface area contributed by atoms with Crippen LogP contribution in [0.15, 0.2) is 18.2 Å². The van der Waals surface area contributed by atoms with E-state index in [9.17, 15) is 0 Å². The molecule has 3 nitrogen and oxygen atoms in total. The molecular weight excluding hydrogens is 309 g/mol. The Morgan fingerprint density at radius 3 is 2.43 bits per heavy atom. The molecule has 0 saturated carbocycles. The third-order valence-electron chi connectivity index (χ3n) is 4.47. The van der Waals surface area contributed by atoms with Crippen LogP contribution < -0.4 is 10.1 Å². The summed E-state index contributed by atoms with van der Waals surface area (Å²) in [4.78, 5) is 0. The smallest absolute Gasteiger partial charge is 0.156 e. The molecule has 2 atom stereocenters. The van der Waals surface area contributed by atoms with E-state index in [1.165, 1.54) is 0 Å². The molecule has 5 heteroatoms. The molecule has 0 spiro atoms. The van der Waals surface area contributed by atoms with Gasteiger partial charge in [-0.3, -0.25) is 0 Å². The van der Waals surface area contributed by atoms with Gasteiger partial charge in [-0.1, -0.05) is 29.3 Å². The summed E-state index contributed by atoms with van der Waals surface area (Å²) >= 11 is 12.5. The SMILES string of the molecule is Clc1cccc(Cl)c1O[C@@H](C1CCOCC1)[C@@H]1CCNC1. The molecule has 3 rings (SSSR count). The molecule has 0 radical (unpaired) electrons. The fourth-order valence-corrected chi connectivity index (χ4v) is 3.80. The van der Waals surface area contributed by atoms with Crippen molar-refractivity contribution in [3.05, 3.63) is 28.2 Å². The van der Waals surface area contributed by atoms with E-state index in [2.05, 4.69) is 5.32 Å². The first kappa shape index (κ1) is 15.4. The Morgan fingerprint density at radius 2 is 1.81 bits per heavy atom. The second-order valence-corrected chi connectivity index (χ2v) is 6.65. The highest BCUT2D eigenvalue weighted by Gasteiger charge is 2.35. The fraction of sp³-hybridized carbons (Fsp3) is 0.625. The number of hydrogen-bond acceptors (Lipinski definition) is 3. The van der Waals surface area contributed by atoms with E-state index in [1.807, 2.05) is 18.2 Å². The zero-order valence-electron chi connectivity index (χ0n) is 12.0. The summed E-state index contributed by atoms with van der Waals surface area (Å²) < 4.78 is 11.8. The van der Waals surface area contributed by atoms with Crippen molar-refractivity contribution in [3.8, 4) is 5.75 Å². The molecule has 1 aromatic rings. The van der Waals surface area contributed by atoms with Gasteiger partial charge in [0.15, 0.2) is 5.75 Å². The second-order valence-electron chi connectivity index (χ2n) is 5.84. The lowest BCUT2D eigenvalue weighted by Gasteiger charge is -2.34. The third-order valence-corrected chi connectivity index (χ3v) is 5.06. The molecule has 1 N–H and O–H groups in total. The average molecular weight is 330 g/mol. The van der Waals surface area contributed by atoms with Crippen LogP contribution in [-0.2, 0) is 4.74 Å². The second kappa shape index (κ2) is 7.19. The van der Waals surface area contributed by atoms with Crippen LogP contribution >= 0.6 is 23.2 Å². The van der Waals surface area contributed by atoms with E-state index >= 15 is 0 Å². The summed E-state index contributed by atoms with van der Waals surface area (Å²) in [6.45, 7) is 3.70. The molecule has 0 amide bonds. The van der Waals surface area contributed by atoms with Gasteiger partial charge < -0.3 is 14.8 Å². The van der Waals surface area contributed by atoms with Gasteiger partial charge in [-0.25, -0.2) is 0 Å². The molecule has 2 aliphatic heterocycles. The van der Waals surface area contributed by atoms with E-state index in [-0.39, 0.29) is 6.10 Å². The predicted molar refractivity (Wildman–Crippen MR) is 85.4 cm³/mol. The fourth-order valence-electron chi connectivity index (χ4n) is 3.31. The summed E-state index contributed by atoms with van der Waals surface area (Å²) in [6.07, 6.45) is 3.39. The van der Waals surface area contributed by atoms with Crippen LogP contribution in [0.25, 0.3) is 0 Å². The van der Waals surface area contributed by atoms with E-state index in [0.717, 1.165) is 45.6 Å².